The van der Waals surface area contributed by atoms with Crippen molar-refractivity contribution in [1.29, 1.82) is 5.41 Å². The van der Waals surface area contributed by atoms with E-state index in [0.717, 1.165) is 28.5 Å². The molecule has 6 heteroatoms. The first kappa shape index (κ1) is 17.5. The molecule has 4 nitrogen and oxygen atoms in total. The highest BCUT2D eigenvalue weighted by Gasteiger charge is 2.09. The van der Waals surface area contributed by atoms with Gasteiger partial charge in [0.2, 0.25) is 0 Å². The Morgan fingerprint density at radius 1 is 1.04 bits per heavy atom. The standard InChI is InChI=1S/C20H16F2N2O2/c21-17-7-5-13(9-18(17)22)11-24-20(25)12-26-19-8-6-14(10-23)15-3-1-2-4-16(15)19/h1-10,23H,11-12H2,(H,24,25). The highest BCUT2D eigenvalue weighted by atomic mass is 19.2. The van der Waals surface area contributed by atoms with Gasteiger partial charge in [-0.25, -0.2) is 8.78 Å². The van der Waals surface area contributed by atoms with E-state index in [0.29, 0.717) is 11.3 Å². The van der Waals surface area contributed by atoms with Crippen molar-refractivity contribution in [1.82, 2.24) is 5.32 Å². The molecule has 0 saturated carbocycles. The average Bonchev–Trinajstić information content (AvgIpc) is 2.67. The number of hydrogen-bond donors (Lipinski definition) is 2. The maximum absolute atomic E-state index is 13.2. The Kier molecular flexibility index (Phi) is 5.22. The summed E-state index contributed by atoms with van der Waals surface area (Å²) in [6.07, 6.45) is 1.26. The van der Waals surface area contributed by atoms with Crippen molar-refractivity contribution in [2.24, 2.45) is 0 Å². The summed E-state index contributed by atoms with van der Waals surface area (Å²) in [6.45, 7) is -0.134. The molecule has 2 N–H and O–H groups in total. The molecule has 3 aromatic carbocycles. The molecule has 3 aromatic rings. The quantitative estimate of drug-likeness (QED) is 0.661. The minimum absolute atomic E-state index is 0.0763. The van der Waals surface area contributed by atoms with Crippen LogP contribution >= 0.6 is 0 Å². The summed E-state index contributed by atoms with van der Waals surface area (Å²) in [5.41, 5.74) is 1.22. The number of fused-ring (bicyclic) bond motifs is 1. The second kappa shape index (κ2) is 7.74. The van der Waals surface area contributed by atoms with Crippen molar-refractivity contribution in [3.63, 3.8) is 0 Å². The predicted octanol–water partition coefficient (Wildman–Crippen LogP) is 3.81. The van der Waals surface area contributed by atoms with Crippen LogP contribution < -0.4 is 10.1 Å². The van der Waals surface area contributed by atoms with Crippen LogP contribution in [0.5, 0.6) is 5.75 Å². The highest BCUT2D eigenvalue weighted by Crippen LogP contribution is 2.27. The molecule has 0 atom stereocenters. The lowest BCUT2D eigenvalue weighted by Gasteiger charge is -2.11. The van der Waals surface area contributed by atoms with Crippen LogP contribution in [0, 0.1) is 17.0 Å². The Bertz CT molecular complexity index is 973. The maximum Gasteiger partial charge on any atom is 0.258 e. The van der Waals surface area contributed by atoms with Gasteiger partial charge in [-0.15, -0.1) is 0 Å². The second-order valence-electron chi connectivity index (χ2n) is 5.66. The fourth-order valence-corrected chi connectivity index (χ4v) is 2.59. The smallest absolute Gasteiger partial charge is 0.258 e. The zero-order valence-corrected chi connectivity index (χ0v) is 13.8. The van der Waals surface area contributed by atoms with Crippen molar-refractivity contribution in [3.8, 4) is 5.75 Å². The molecule has 0 fully saturated rings. The number of nitrogens with one attached hydrogen (secondary N) is 2. The van der Waals surface area contributed by atoms with Gasteiger partial charge >= 0.3 is 0 Å². The van der Waals surface area contributed by atoms with Crippen molar-refractivity contribution in [2.45, 2.75) is 6.54 Å². The summed E-state index contributed by atoms with van der Waals surface area (Å²) < 4.78 is 31.6. The first-order chi connectivity index (χ1) is 12.6. The predicted molar refractivity (Wildman–Crippen MR) is 95.5 cm³/mol. The minimum Gasteiger partial charge on any atom is -0.483 e. The number of carbonyl (C=O) groups excluding carboxylic acids is 1. The lowest BCUT2D eigenvalue weighted by molar-refractivity contribution is -0.123. The van der Waals surface area contributed by atoms with E-state index in [2.05, 4.69) is 5.32 Å². The molecule has 1 amide bonds. The Balaban J connectivity index is 1.63. The Labute approximate surface area is 148 Å². The van der Waals surface area contributed by atoms with Gasteiger partial charge in [0.25, 0.3) is 5.91 Å². The SMILES string of the molecule is N=Cc1ccc(OCC(=O)NCc2ccc(F)c(F)c2)c2ccccc12. The molecule has 0 saturated heterocycles. The number of amides is 1. The molecule has 0 aliphatic heterocycles. The van der Waals surface area contributed by atoms with E-state index < -0.39 is 11.6 Å². The largest absolute Gasteiger partial charge is 0.483 e. The van der Waals surface area contributed by atoms with Crippen LogP contribution in [0.25, 0.3) is 10.8 Å². The van der Waals surface area contributed by atoms with E-state index in [4.69, 9.17) is 10.1 Å². The first-order valence-corrected chi connectivity index (χ1v) is 7.94. The summed E-state index contributed by atoms with van der Waals surface area (Å²) in [4.78, 5) is 12.0. The van der Waals surface area contributed by atoms with Crippen LogP contribution in [0.1, 0.15) is 11.1 Å². The Morgan fingerprint density at radius 3 is 2.54 bits per heavy atom. The van der Waals surface area contributed by atoms with Crippen LogP contribution in [-0.4, -0.2) is 18.7 Å². The molecule has 0 spiro atoms. The lowest BCUT2D eigenvalue weighted by Crippen LogP contribution is -2.28. The number of hydrogen-bond acceptors (Lipinski definition) is 3. The van der Waals surface area contributed by atoms with E-state index in [-0.39, 0.29) is 19.1 Å². The summed E-state index contributed by atoms with van der Waals surface area (Å²) >= 11 is 0. The molecule has 0 heterocycles. The number of ether oxygens (including phenoxy) is 1. The molecular weight excluding hydrogens is 338 g/mol. The van der Waals surface area contributed by atoms with E-state index >= 15 is 0 Å². The van der Waals surface area contributed by atoms with Crippen molar-refractivity contribution in [2.75, 3.05) is 6.61 Å². The minimum atomic E-state index is -0.953. The molecule has 26 heavy (non-hydrogen) atoms. The highest BCUT2D eigenvalue weighted by molar-refractivity contribution is 6.01. The fourth-order valence-electron chi connectivity index (χ4n) is 2.59. The Morgan fingerprint density at radius 2 is 1.81 bits per heavy atom. The van der Waals surface area contributed by atoms with Crippen molar-refractivity contribution >= 4 is 22.9 Å². The van der Waals surface area contributed by atoms with Crippen LogP contribution in [-0.2, 0) is 11.3 Å². The molecule has 132 valence electrons. The molecule has 3 rings (SSSR count). The number of benzene rings is 3. The van der Waals surface area contributed by atoms with Gasteiger partial charge in [0.15, 0.2) is 18.2 Å². The monoisotopic (exact) mass is 354 g/mol. The second-order valence-corrected chi connectivity index (χ2v) is 5.66. The van der Waals surface area contributed by atoms with Crippen LogP contribution in [0.4, 0.5) is 8.78 Å². The first-order valence-electron chi connectivity index (χ1n) is 7.94. The third-order valence-electron chi connectivity index (χ3n) is 3.91. The third-order valence-corrected chi connectivity index (χ3v) is 3.91. The summed E-state index contributed by atoms with van der Waals surface area (Å²) in [6, 6.07) is 14.4. The van der Waals surface area contributed by atoms with Gasteiger partial charge in [-0.2, -0.15) is 0 Å². The van der Waals surface area contributed by atoms with Crippen LogP contribution in [0.2, 0.25) is 0 Å². The van der Waals surface area contributed by atoms with E-state index in [1.807, 2.05) is 24.3 Å². The van der Waals surface area contributed by atoms with Crippen molar-refractivity contribution < 1.29 is 18.3 Å². The van der Waals surface area contributed by atoms with E-state index in [1.54, 1.807) is 12.1 Å². The normalized spacial score (nSPS) is 10.5. The van der Waals surface area contributed by atoms with E-state index in [1.165, 1.54) is 12.3 Å². The van der Waals surface area contributed by atoms with Gasteiger partial charge in [0.05, 0.1) is 0 Å². The zero-order valence-electron chi connectivity index (χ0n) is 13.8. The molecule has 0 aliphatic rings. The summed E-state index contributed by atoms with van der Waals surface area (Å²) in [5, 5.41) is 11.7. The lowest BCUT2D eigenvalue weighted by atomic mass is 10.0. The summed E-state index contributed by atoms with van der Waals surface area (Å²) in [7, 11) is 0. The van der Waals surface area contributed by atoms with Gasteiger partial charge in [-0.3, -0.25) is 4.79 Å². The average molecular weight is 354 g/mol. The van der Waals surface area contributed by atoms with Gasteiger partial charge in [-0.05, 0) is 35.2 Å². The van der Waals surface area contributed by atoms with Crippen molar-refractivity contribution in [3.05, 3.63) is 77.4 Å². The van der Waals surface area contributed by atoms with Gasteiger partial charge in [0, 0.05) is 23.7 Å². The fraction of sp³-hybridized carbons (Fsp3) is 0.100. The van der Waals surface area contributed by atoms with Gasteiger partial charge in [0.1, 0.15) is 5.75 Å². The molecular formula is C20H16F2N2O2. The van der Waals surface area contributed by atoms with Gasteiger partial charge < -0.3 is 15.5 Å². The number of rotatable bonds is 6. The molecule has 0 unspecified atom stereocenters. The molecule has 0 bridgehead atoms. The maximum atomic E-state index is 13.2. The topological polar surface area (TPSA) is 62.2 Å². The van der Waals surface area contributed by atoms with Crippen LogP contribution in [0.15, 0.2) is 54.6 Å². The van der Waals surface area contributed by atoms with E-state index in [9.17, 15) is 13.6 Å². The Hall–Kier alpha value is -3.28. The van der Waals surface area contributed by atoms with Crippen LogP contribution in [0.3, 0.4) is 0 Å². The zero-order chi connectivity index (χ0) is 18.5. The number of halogens is 2. The van der Waals surface area contributed by atoms with Gasteiger partial charge in [-0.1, -0.05) is 30.3 Å². The molecule has 0 radical (unpaired) electrons. The number of carbonyl (C=O) groups is 1. The molecule has 0 aliphatic carbocycles. The third kappa shape index (κ3) is 3.85. The molecule has 0 aromatic heterocycles. The summed E-state index contributed by atoms with van der Waals surface area (Å²) in [5.74, 6) is -1.72.